The Balaban J connectivity index is 1.72. The highest BCUT2D eigenvalue weighted by molar-refractivity contribution is 7.89. The van der Waals surface area contributed by atoms with Gasteiger partial charge in [-0.05, 0) is 54.7 Å². The molecule has 1 amide bonds. The topological polar surface area (TPSA) is 70.6 Å². The minimum Gasteiger partial charge on any atom is -0.336 e. The number of rotatable bonds is 5. The van der Waals surface area contributed by atoms with Crippen molar-refractivity contribution < 1.29 is 13.2 Å². The summed E-state index contributed by atoms with van der Waals surface area (Å²) < 4.78 is 27.5. The van der Waals surface area contributed by atoms with Crippen LogP contribution in [0.2, 0.25) is 0 Å². The molecule has 28 heavy (non-hydrogen) atoms. The van der Waals surface area contributed by atoms with Crippen molar-refractivity contribution in [1.82, 2.24) is 14.2 Å². The molecule has 1 aromatic carbocycles. The van der Waals surface area contributed by atoms with Crippen molar-refractivity contribution in [3.8, 4) is 0 Å². The monoisotopic (exact) mass is 401 g/mol. The molecule has 2 atom stereocenters. The number of nitrogens with zero attached hydrogens (tertiary/aromatic N) is 3. The van der Waals surface area contributed by atoms with Gasteiger partial charge in [-0.25, -0.2) is 8.42 Å². The lowest BCUT2D eigenvalue weighted by Crippen LogP contribution is -2.42. The molecule has 1 aliphatic rings. The van der Waals surface area contributed by atoms with Gasteiger partial charge in [-0.2, -0.15) is 4.31 Å². The molecule has 150 valence electrons. The van der Waals surface area contributed by atoms with E-state index in [0.29, 0.717) is 37.0 Å². The molecule has 6 nitrogen and oxygen atoms in total. The second-order valence-electron chi connectivity index (χ2n) is 7.77. The minimum atomic E-state index is -3.54. The number of pyridine rings is 1. The molecule has 0 bridgehead atoms. The average Bonchev–Trinajstić information content (AvgIpc) is 2.67. The molecule has 0 aliphatic carbocycles. The molecule has 7 heteroatoms. The van der Waals surface area contributed by atoms with Crippen LogP contribution in [0.15, 0.2) is 53.6 Å². The van der Waals surface area contributed by atoms with Crippen molar-refractivity contribution >= 4 is 15.9 Å². The molecule has 2 aromatic rings. The summed E-state index contributed by atoms with van der Waals surface area (Å²) in [6, 6.07) is 11.8. The Labute approximate surface area is 167 Å². The number of sulfonamides is 1. The van der Waals surface area contributed by atoms with Gasteiger partial charge in [-0.1, -0.05) is 19.9 Å². The van der Waals surface area contributed by atoms with Crippen molar-refractivity contribution in [1.29, 1.82) is 0 Å². The van der Waals surface area contributed by atoms with Crippen molar-refractivity contribution in [2.24, 2.45) is 11.8 Å². The Morgan fingerprint density at radius 1 is 1.11 bits per heavy atom. The quantitative estimate of drug-likeness (QED) is 0.772. The van der Waals surface area contributed by atoms with Crippen LogP contribution in [0.25, 0.3) is 0 Å². The largest absolute Gasteiger partial charge is 0.336 e. The minimum absolute atomic E-state index is 0.171. The average molecular weight is 402 g/mol. The van der Waals surface area contributed by atoms with E-state index in [1.807, 2.05) is 18.2 Å². The summed E-state index contributed by atoms with van der Waals surface area (Å²) >= 11 is 0. The predicted molar refractivity (Wildman–Crippen MR) is 108 cm³/mol. The molecule has 3 rings (SSSR count). The second-order valence-corrected chi connectivity index (χ2v) is 9.71. The second kappa shape index (κ2) is 8.41. The number of hydrogen-bond donors (Lipinski definition) is 0. The molecule has 0 saturated carbocycles. The fraction of sp³-hybridized carbons (Fsp3) is 0.429. The van der Waals surface area contributed by atoms with Crippen molar-refractivity contribution in [3.63, 3.8) is 0 Å². The maximum Gasteiger partial charge on any atom is 0.253 e. The van der Waals surface area contributed by atoms with E-state index >= 15 is 0 Å². The zero-order valence-corrected chi connectivity index (χ0v) is 17.4. The SMILES string of the molecule is CC1CC(C)CN(S(=O)(=O)c2ccc(C(=O)N(C)Cc3ccccn3)cc2)C1. The van der Waals surface area contributed by atoms with Gasteiger partial charge < -0.3 is 4.90 Å². The first kappa shape index (κ1) is 20.5. The Morgan fingerprint density at radius 2 is 1.75 bits per heavy atom. The third-order valence-electron chi connectivity index (χ3n) is 5.05. The Morgan fingerprint density at radius 3 is 2.32 bits per heavy atom. The fourth-order valence-electron chi connectivity index (χ4n) is 3.75. The number of hydrogen-bond acceptors (Lipinski definition) is 4. The number of aromatic nitrogens is 1. The van der Waals surface area contributed by atoms with E-state index in [0.717, 1.165) is 12.1 Å². The van der Waals surface area contributed by atoms with Crippen LogP contribution in [-0.2, 0) is 16.6 Å². The van der Waals surface area contributed by atoms with E-state index < -0.39 is 10.0 Å². The van der Waals surface area contributed by atoms with Gasteiger partial charge in [0.05, 0.1) is 17.1 Å². The van der Waals surface area contributed by atoms with Crippen LogP contribution in [-0.4, -0.2) is 48.7 Å². The van der Waals surface area contributed by atoms with Crippen LogP contribution in [0, 0.1) is 11.8 Å². The number of carbonyl (C=O) groups is 1. The summed E-state index contributed by atoms with van der Waals surface area (Å²) in [4.78, 5) is 18.7. The summed E-state index contributed by atoms with van der Waals surface area (Å²) in [5.74, 6) is 0.522. The number of benzene rings is 1. The molecule has 2 heterocycles. The standard InChI is InChI=1S/C21H27N3O3S/c1-16-12-17(2)14-24(13-16)28(26,27)20-9-7-18(8-10-20)21(25)23(3)15-19-6-4-5-11-22-19/h4-11,16-17H,12-15H2,1-3H3. The first-order chi connectivity index (χ1) is 13.3. The molecule has 0 N–H and O–H groups in total. The highest BCUT2D eigenvalue weighted by Crippen LogP contribution is 2.26. The molecule has 1 aliphatic heterocycles. The molecule has 1 aromatic heterocycles. The van der Waals surface area contributed by atoms with Crippen LogP contribution in [0.5, 0.6) is 0 Å². The lowest BCUT2D eigenvalue weighted by molar-refractivity contribution is 0.0783. The van der Waals surface area contributed by atoms with E-state index in [-0.39, 0.29) is 10.8 Å². The smallest absolute Gasteiger partial charge is 0.253 e. The summed E-state index contributed by atoms with van der Waals surface area (Å²) in [6.45, 7) is 5.64. The fourth-order valence-corrected chi connectivity index (χ4v) is 5.43. The molecule has 1 fully saturated rings. The molecule has 0 spiro atoms. The third-order valence-corrected chi connectivity index (χ3v) is 6.89. The maximum atomic E-state index is 13.0. The summed E-state index contributed by atoms with van der Waals surface area (Å²) in [7, 11) is -1.83. The summed E-state index contributed by atoms with van der Waals surface area (Å²) in [6.07, 6.45) is 2.73. The van der Waals surface area contributed by atoms with E-state index in [1.54, 1.807) is 34.6 Å². The van der Waals surface area contributed by atoms with Crippen LogP contribution in [0.1, 0.15) is 36.3 Å². The highest BCUT2D eigenvalue weighted by atomic mass is 32.2. The molecule has 0 radical (unpaired) electrons. The third kappa shape index (κ3) is 4.59. The van der Waals surface area contributed by atoms with Crippen LogP contribution < -0.4 is 0 Å². The molecular weight excluding hydrogens is 374 g/mol. The van der Waals surface area contributed by atoms with Crippen LogP contribution in [0.4, 0.5) is 0 Å². The van der Waals surface area contributed by atoms with E-state index in [2.05, 4.69) is 18.8 Å². The predicted octanol–water partition coefficient (Wildman–Crippen LogP) is 3.02. The Hall–Kier alpha value is -2.25. The summed E-state index contributed by atoms with van der Waals surface area (Å²) in [5, 5.41) is 0. The lowest BCUT2D eigenvalue weighted by atomic mass is 9.94. The zero-order chi connectivity index (χ0) is 20.3. The van der Waals surface area contributed by atoms with Crippen molar-refractivity contribution in [2.75, 3.05) is 20.1 Å². The highest BCUT2D eigenvalue weighted by Gasteiger charge is 2.31. The van der Waals surface area contributed by atoms with Crippen LogP contribution in [0.3, 0.4) is 0 Å². The van der Waals surface area contributed by atoms with Gasteiger partial charge in [0.1, 0.15) is 0 Å². The van der Waals surface area contributed by atoms with Gasteiger partial charge in [-0.3, -0.25) is 9.78 Å². The van der Waals surface area contributed by atoms with E-state index in [9.17, 15) is 13.2 Å². The van der Waals surface area contributed by atoms with Gasteiger partial charge in [0.25, 0.3) is 5.91 Å². The maximum absolute atomic E-state index is 13.0. The number of amides is 1. The van der Waals surface area contributed by atoms with Gasteiger partial charge in [-0.15, -0.1) is 0 Å². The van der Waals surface area contributed by atoms with E-state index in [1.165, 1.54) is 12.1 Å². The molecular formula is C21H27N3O3S. The van der Waals surface area contributed by atoms with Crippen LogP contribution >= 0.6 is 0 Å². The van der Waals surface area contributed by atoms with Gasteiger partial charge in [0.15, 0.2) is 0 Å². The van der Waals surface area contributed by atoms with Gasteiger partial charge in [0.2, 0.25) is 10.0 Å². The lowest BCUT2D eigenvalue weighted by Gasteiger charge is -2.34. The Kier molecular flexibility index (Phi) is 6.15. The zero-order valence-electron chi connectivity index (χ0n) is 16.6. The normalized spacial score (nSPS) is 20.7. The number of carbonyl (C=O) groups excluding carboxylic acids is 1. The van der Waals surface area contributed by atoms with Gasteiger partial charge in [0, 0.05) is 31.9 Å². The van der Waals surface area contributed by atoms with Gasteiger partial charge >= 0.3 is 0 Å². The van der Waals surface area contributed by atoms with Crippen molar-refractivity contribution in [3.05, 3.63) is 59.9 Å². The first-order valence-corrected chi connectivity index (χ1v) is 11.0. The molecule has 2 unspecified atom stereocenters. The number of piperidine rings is 1. The first-order valence-electron chi connectivity index (χ1n) is 9.53. The Bertz CT molecular complexity index is 904. The van der Waals surface area contributed by atoms with Crippen molar-refractivity contribution in [2.45, 2.75) is 31.7 Å². The molecule has 1 saturated heterocycles. The summed E-state index contributed by atoms with van der Waals surface area (Å²) in [5.41, 5.74) is 1.25. The van der Waals surface area contributed by atoms with E-state index in [4.69, 9.17) is 0 Å².